The number of piperazine rings is 1. The van der Waals surface area contributed by atoms with E-state index in [9.17, 15) is 9.59 Å². The molecule has 7 heteroatoms. The summed E-state index contributed by atoms with van der Waals surface area (Å²) in [4.78, 5) is 30.5. The predicted molar refractivity (Wildman–Crippen MR) is 87.2 cm³/mol. The summed E-state index contributed by atoms with van der Waals surface area (Å²) in [6.07, 6.45) is 3.63. The van der Waals surface area contributed by atoms with Crippen LogP contribution in [0.2, 0.25) is 0 Å². The van der Waals surface area contributed by atoms with Crippen molar-refractivity contribution in [3.63, 3.8) is 0 Å². The molecule has 122 valence electrons. The van der Waals surface area contributed by atoms with Crippen molar-refractivity contribution in [2.24, 2.45) is 14.1 Å². The van der Waals surface area contributed by atoms with Gasteiger partial charge in [0.25, 0.3) is 5.56 Å². The van der Waals surface area contributed by atoms with Gasteiger partial charge in [0, 0.05) is 70.5 Å². The van der Waals surface area contributed by atoms with Crippen LogP contribution in [0.3, 0.4) is 0 Å². The fourth-order valence-corrected chi connectivity index (χ4v) is 2.98. The molecule has 1 aliphatic rings. The summed E-state index contributed by atoms with van der Waals surface area (Å²) in [5.74, 6) is 0. The van der Waals surface area contributed by atoms with Gasteiger partial charge in [-0.05, 0) is 11.6 Å². The minimum Gasteiger partial charge on any atom is -0.314 e. The van der Waals surface area contributed by atoms with Crippen LogP contribution in [-0.2, 0) is 20.6 Å². The van der Waals surface area contributed by atoms with Crippen molar-refractivity contribution < 1.29 is 0 Å². The second-order valence-electron chi connectivity index (χ2n) is 5.85. The van der Waals surface area contributed by atoms with Crippen molar-refractivity contribution in [3.8, 4) is 0 Å². The molecule has 1 fully saturated rings. The third-order valence-corrected chi connectivity index (χ3v) is 4.41. The SMILES string of the molecule is Cn1c(CN2CCNCC2c2cccnc2)cc(=O)n(C)c1=O. The number of nitrogens with zero attached hydrogens (tertiary/aromatic N) is 4. The Morgan fingerprint density at radius 1 is 1.30 bits per heavy atom. The molecule has 3 rings (SSSR count). The summed E-state index contributed by atoms with van der Waals surface area (Å²) in [6.45, 7) is 3.12. The molecular weight excluding hydrogens is 294 g/mol. The van der Waals surface area contributed by atoms with Crippen molar-refractivity contribution in [3.05, 3.63) is 62.7 Å². The summed E-state index contributed by atoms with van der Waals surface area (Å²) < 4.78 is 2.67. The molecule has 1 unspecified atom stereocenters. The summed E-state index contributed by atoms with van der Waals surface area (Å²) in [5.41, 5.74) is 1.30. The average molecular weight is 315 g/mol. The van der Waals surface area contributed by atoms with Crippen molar-refractivity contribution >= 4 is 0 Å². The van der Waals surface area contributed by atoms with Crippen LogP contribution in [0.5, 0.6) is 0 Å². The number of aromatic nitrogens is 3. The molecule has 2 aromatic heterocycles. The van der Waals surface area contributed by atoms with Crippen molar-refractivity contribution in [1.29, 1.82) is 0 Å². The molecule has 0 saturated carbocycles. The largest absolute Gasteiger partial charge is 0.330 e. The molecular formula is C16H21N5O2. The maximum Gasteiger partial charge on any atom is 0.330 e. The first-order chi connectivity index (χ1) is 11.1. The topological polar surface area (TPSA) is 72.2 Å². The summed E-state index contributed by atoms with van der Waals surface area (Å²) in [6, 6.07) is 5.71. The van der Waals surface area contributed by atoms with Crippen LogP contribution in [0, 0.1) is 0 Å². The van der Waals surface area contributed by atoms with Crippen molar-refractivity contribution in [1.82, 2.24) is 24.3 Å². The van der Waals surface area contributed by atoms with E-state index in [-0.39, 0.29) is 17.3 Å². The lowest BCUT2D eigenvalue weighted by Gasteiger charge is -2.36. The third-order valence-electron chi connectivity index (χ3n) is 4.41. The van der Waals surface area contributed by atoms with Crippen LogP contribution >= 0.6 is 0 Å². The average Bonchev–Trinajstić information content (AvgIpc) is 2.59. The minimum atomic E-state index is -0.291. The van der Waals surface area contributed by atoms with E-state index in [0.29, 0.717) is 6.54 Å². The molecule has 1 atom stereocenters. The highest BCUT2D eigenvalue weighted by molar-refractivity contribution is 5.16. The maximum atomic E-state index is 12.1. The second kappa shape index (κ2) is 6.47. The predicted octanol–water partition coefficient (Wildman–Crippen LogP) is -0.374. The van der Waals surface area contributed by atoms with Crippen LogP contribution in [-0.4, -0.2) is 38.7 Å². The van der Waals surface area contributed by atoms with Crippen molar-refractivity contribution in [2.75, 3.05) is 19.6 Å². The number of rotatable bonds is 3. The zero-order chi connectivity index (χ0) is 16.4. The molecule has 1 N–H and O–H groups in total. The van der Waals surface area contributed by atoms with Gasteiger partial charge >= 0.3 is 5.69 Å². The quantitative estimate of drug-likeness (QED) is 0.836. The van der Waals surface area contributed by atoms with Gasteiger partial charge in [0.2, 0.25) is 0 Å². The Labute approximate surface area is 134 Å². The molecule has 0 radical (unpaired) electrons. The lowest BCUT2D eigenvalue weighted by molar-refractivity contribution is 0.149. The van der Waals surface area contributed by atoms with Gasteiger partial charge in [-0.2, -0.15) is 0 Å². The number of pyridine rings is 1. The molecule has 0 aromatic carbocycles. The van der Waals surface area contributed by atoms with E-state index in [2.05, 4.69) is 21.3 Å². The first kappa shape index (κ1) is 15.6. The fourth-order valence-electron chi connectivity index (χ4n) is 2.98. The lowest BCUT2D eigenvalue weighted by atomic mass is 10.1. The Morgan fingerprint density at radius 2 is 2.13 bits per heavy atom. The van der Waals surface area contributed by atoms with Gasteiger partial charge in [0.05, 0.1) is 0 Å². The first-order valence-corrected chi connectivity index (χ1v) is 7.68. The van der Waals surface area contributed by atoms with E-state index in [1.165, 1.54) is 7.05 Å². The van der Waals surface area contributed by atoms with Crippen LogP contribution in [0.1, 0.15) is 17.3 Å². The first-order valence-electron chi connectivity index (χ1n) is 7.68. The Bertz CT molecular complexity index is 796. The van der Waals surface area contributed by atoms with Gasteiger partial charge in [-0.25, -0.2) is 4.79 Å². The van der Waals surface area contributed by atoms with Crippen LogP contribution < -0.4 is 16.6 Å². The Hall–Kier alpha value is -2.25. The molecule has 0 amide bonds. The highest BCUT2D eigenvalue weighted by Crippen LogP contribution is 2.22. The van der Waals surface area contributed by atoms with Crippen LogP contribution in [0.15, 0.2) is 40.2 Å². The highest BCUT2D eigenvalue weighted by atomic mass is 16.2. The molecule has 1 saturated heterocycles. The summed E-state index contributed by atoms with van der Waals surface area (Å²) >= 11 is 0. The van der Waals surface area contributed by atoms with Gasteiger partial charge in [-0.3, -0.25) is 23.8 Å². The van der Waals surface area contributed by atoms with Crippen LogP contribution in [0.25, 0.3) is 0 Å². The zero-order valence-corrected chi connectivity index (χ0v) is 13.4. The van der Waals surface area contributed by atoms with Gasteiger partial charge < -0.3 is 5.32 Å². The molecule has 1 aliphatic heterocycles. The smallest absolute Gasteiger partial charge is 0.314 e. The maximum absolute atomic E-state index is 12.1. The highest BCUT2D eigenvalue weighted by Gasteiger charge is 2.24. The zero-order valence-electron chi connectivity index (χ0n) is 13.4. The molecule has 23 heavy (non-hydrogen) atoms. The van der Waals surface area contributed by atoms with Crippen LogP contribution in [0.4, 0.5) is 0 Å². The van der Waals surface area contributed by atoms with E-state index in [1.54, 1.807) is 23.9 Å². The number of nitrogens with one attached hydrogen (secondary N) is 1. The second-order valence-corrected chi connectivity index (χ2v) is 5.85. The molecule has 3 heterocycles. The van der Waals surface area contributed by atoms with Gasteiger partial charge in [-0.15, -0.1) is 0 Å². The normalized spacial score (nSPS) is 19.0. The summed E-state index contributed by atoms with van der Waals surface area (Å²) in [5, 5.41) is 3.39. The lowest BCUT2D eigenvalue weighted by Crippen LogP contribution is -2.47. The molecule has 0 aliphatic carbocycles. The van der Waals surface area contributed by atoms with Gasteiger partial charge in [-0.1, -0.05) is 6.07 Å². The molecule has 7 nitrogen and oxygen atoms in total. The molecule has 0 spiro atoms. The third kappa shape index (κ3) is 3.11. The number of hydrogen-bond acceptors (Lipinski definition) is 5. The standard InChI is InChI=1S/C16H21N5O2/c1-19-13(8-15(22)20(2)16(19)23)11-21-7-6-18-10-14(21)12-4-3-5-17-9-12/h3-5,8-9,14,18H,6-7,10-11H2,1-2H3. The van der Waals surface area contributed by atoms with E-state index < -0.39 is 0 Å². The summed E-state index contributed by atoms with van der Waals surface area (Å²) in [7, 11) is 3.20. The Morgan fingerprint density at radius 3 is 2.87 bits per heavy atom. The van der Waals surface area contributed by atoms with E-state index >= 15 is 0 Å². The van der Waals surface area contributed by atoms with E-state index in [1.807, 2.05) is 12.3 Å². The minimum absolute atomic E-state index is 0.177. The van der Waals surface area contributed by atoms with E-state index in [0.717, 1.165) is 35.5 Å². The Kier molecular flexibility index (Phi) is 4.40. The van der Waals surface area contributed by atoms with Gasteiger partial charge in [0.15, 0.2) is 0 Å². The molecule has 0 bridgehead atoms. The van der Waals surface area contributed by atoms with Gasteiger partial charge in [0.1, 0.15) is 0 Å². The monoisotopic (exact) mass is 315 g/mol. The Balaban J connectivity index is 1.92. The van der Waals surface area contributed by atoms with E-state index in [4.69, 9.17) is 0 Å². The fraction of sp³-hybridized carbons (Fsp3) is 0.438. The molecule has 2 aromatic rings. The number of hydrogen-bond donors (Lipinski definition) is 1. The van der Waals surface area contributed by atoms with Crippen molar-refractivity contribution in [2.45, 2.75) is 12.6 Å².